The Morgan fingerprint density at radius 2 is 1.65 bits per heavy atom. The Balaban J connectivity index is 0.00000504. The van der Waals surface area contributed by atoms with E-state index in [-0.39, 0.29) is 40.1 Å². The molecule has 13 heteroatoms. The molecule has 0 atom stereocenters. The van der Waals surface area contributed by atoms with Gasteiger partial charge in [-0.2, -0.15) is 23.5 Å². The van der Waals surface area contributed by atoms with E-state index >= 15 is 0 Å². The molecule has 0 saturated heterocycles. The number of hydrogen-bond acceptors (Lipinski definition) is 4. The molecule has 1 fully saturated rings. The summed E-state index contributed by atoms with van der Waals surface area (Å²) in [6.45, 7) is 3.51. The number of carbonyl (C=O) groups is 1. The first-order valence-electron chi connectivity index (χ1n) is 16.6. The molecule has 0 aliphatic heterocycles. The summed E-state index contributed by atoms with van der Waals surface area (Å²) in [6.07, 6.45) is 0.196. The maximum absolute atomic E-state index is 14.2. The summed E-state index contributed by atoms with van der Waals surface area (Å²) < 4.78 is 45.6. The fourth-order valence-electron chi connectivity index (χ4n) is 7.16. The van der Waals surface area contributed by atoms with Crippen LogP contribution in [-0.2, 0) is 12.7 Å². The van der Waals surface area contributed by atoms with Gasteiger partial charge in [0.15, 0.2) is 0 Å². The first-order chi connectivity index (χ1) is 23.8. The van der Waals surface area contributed by atoms with Crippen LogP contribution >= 0.6 is 0 Å². The lowest BCUT2D eigenvalue weighted by Gasteiger charge is -2.36. The number of carbonyl (C=O) groups excluding carboxylic acids is 1. The normalized spacial score (nSPS) is 16.3. The number of nitriles is 1. The topological polar surface area (TPSA) is 97.6 Å². The van der Waals surface area contributed by atoms with Gasteiger partial charge in [0.25, 0.3) is 0 Å². The van der Waals surface area contributed by atoms with Crippen molar-refractivity contribution in [3.05, 3.63) is 124 Å². The maximum atomic E-state index is 14.2. The van der Waals surface area contributed by atoms with E-state index in [1.165, 1.54) is 28.6 Å². The number of rotatable bonds is 8. The van der Waals surface area contributed by atoms with Gasteiger partial charge >= 0.3 is 17.9 Å². The van der Waals surface area contributed by atoms with E-state index in [1.54, 1.807) is 37.3 Å². The van der Waals surface area contributed by atoms with Gasteiger partial charge in [0.2, 0.25) is 0 Å². The van der Waals surface area contributed by atoms with Crippen LogP contribution in [0.2, 0.25) is 0 Å². The third-order valence-corrected chi connectivity index (χ3v) is 9.43. The number of quaternary nitrogens is 1. The third-order valence-electron chi connectivity index (χ3n) is 9.43. The van der Waals surface area contributed by atoms with Crippen LogP contribution in [0.5, 0.6) is 0 Å². The summed E-state index contributed by atoms with van der Waals surface area (Å²) in [5.74, 6) is 0.478. The van der Waals surface area contributed by atoms with E-state index < -0.39 is 23.5 Å². The van der Waals surface area contributed by atoms with E-state index in [9.17, 15) is 28.0 Å². The number of nitrogens with one attached hydrogen (secondary N) is 1. The van der Waals surface area contributed by atoms with Crippen LogP contribution in [0.1, 0.15) is 48.1 Å². The lowest BCUT2D eigenvalue weighted by molar-refractivity contribution is -0.907. The highest BCUT2D eigenvalue weighted by atomic mass is 79.9. The second-order valence-corrected chi connectivity index (χ2v) is 13.7. The molecule has 1 aliphatic rings. The van der Waals surface area contributed by atoms with E-state index in [0.29, 0.717) is 22.9 Å². The summed E-state index contributed by atoms with van der Waals surface area (Å²) in [5, 5.41) is 16.7. The van der Waals surface area contributed by atoms with Crippen molar-refractivity contribution in [2.75, 3.05) is 20.6 Å². The van der Waals surface area contributed by atoms with Crippen molar-refractivity contribution in [2.24, 2.45) is 5.92 Å². The molecule has 1 amide bonds. The molecule has 3 aromatic carbocycles. The second-order valence-electron chi connectivity index (χ2n) is 13.7. The van der Waals surface area contributed by atoms with Gasteiger partial charge in [-0.3, -0.25) is 4.57 Å². The van der Waals surface area contributed by atoms with Gasteiger partial charge in [-0.25, -0.2) is 18.8 Å². The quantitative estimate of drug-likeness (QED) is 0.241. The highest BCUT2D eigenvalue weighted by molar-refractivity contribution is 5.83. The molecule has 0 unspecified atom stereocenters. The van der Waals surface area contributed by atoms with Crippen molar-refractivity contribution >= 4 is 6.03 Å². The average molecular weight is 763 g/mol. The van der Waals surface area contributed by atoms with Crippen molar-refractivity contribution < 1.29 is 39.4 Å². The number of benzene rings is 3. The third kappa shape index (κ3) is 8.18. The lowest BCUT2D eigenvalue weighted by Crippen LogP contribution is -3.00. The van der Waals surface area contributed by atoms with Crippen LogP contribution in [-0.4, -0.2) is 56.1 Å². The van der Waals surface area contributed by atoms with Gasteiger partial charge in [-0.1, -0.05) is 36.4 Å². The molecule has 1 saturated carbocycles. The van der Waals surface area contributed by atoms with Crippen LogP contribution in [0, 0.1) is 24.2 Å². The summed E-state index contributed by atoms with van der Waals surface area (Å²) in [6, 6.07) is 24.4. The number of halogens is 4. The van der Waals surface area contributed by atoms with Gasteiger partial charge in [0, 0.05) is 17.5 Å². The Kier molecular flexibility index (Phi) is 11.1. The first kappa shape index (κ1) is 37.3. The van der Waals surface area contributed by atoms with Gasteiger partial charge in [-0.15, -0.1) is 0 Å². The molecular formula is C38H39BrF3N7O2. The van der Waals surface area contributed by atoms with E-state index in [0.717, 1.165) is 64.5 Å². The van der Waals surface area contributed by atoms with Crippen molar-refractivity contribution in [3.8, 4) is 28.8 Å². The number of aromatic nitrogens is 4. The SMILES string of the molecule is Cc1c(-c2ccnn2-c2ccc(C#N)cc2)n(C(=O)N[C@H]2CC[C@@H](C[N+](C)(C)Cc3ccccc3)CC2)c(=O)n1-c1cccc(C(F)(F)F)c1.[Br-]. The predicted octanol–water partition coefficient (Wildman–Crippen LogP) is 4.09. The van der Waals surface area contributed by atoms with Crippen LogP contribution < -0.4 is 28.0 Å². The smallest absolute Gasteiger partial charge is 0.416 e. The molecule has 1 N–H and O–H groups in total. The van der Waals surface area contributed by atoms with Gasteiger partial charge in [-0.05, 0) is 81.1 Å². The molecule has 266 valence electrons. The van der Waals surface area contributed by atoms with Crippen LogP contribution in [0.3, 0.4) is 0 Å². The van der Waals surface area contributed by atoms with Crippen molar-refractivity contribution in [3.63, 3.8) is 0 Å². The Morgan fingerprint density at radius 1 is 0.961 bits per heavy atom. The fourth-order valence-corrected chi connectivity index (χ4v) is 7.16. The maximum Gasteiger partial charge on any atom is 0.416 e. The molecule has 5 aromatic rings. The minimum atomic E-state index is -4.63. The number of nitrogens with zero attached hydrogens (tertiary/aromatic N) is 6. The molecule has 51 heavy (non-hydrogen) atoms. The van der Waals surface area contributed by atoms with Crippen molar-refractivity contribution in [2.45, 2.75) is 51.4 Å². The lowest BCUT2D eigenvalue weighted by atomic mass is 9.85. The second kappa shape index (κ2) is 15.1. The molecule has 1 aliphatic carbocycles. The number of hydrogen-bond donors (Lipinski definition) is 1. The summed E-state index contributed by atoms with van der Waals surface area (Å²) in [4.78, 5) is 28.3. The van der Waals surface area contributed by atoms with Crippen LogP contribution in [0.15, 0.2) is 95.9 Å². The molecule has 6 rings (SSSR count). The zero-order valence-electron chi connectivity index (χ0n) is 28.6. The zero-order valence-corrected chi connectivity index (χ0v) is 30.2. The highest BCUT2D eigenvalue weighted by Gasteiger charge is 2.33. The molecule has 2 heterocycles. The van der Waals surface area contributed by atoms with E-state index in [2.05, 4.69) is 54.8 Å². The summed E-state index contributed by atoms with van der Waals surface area (Å²) in [7, 11) is 4.46. The number of imidazole rings is 1. The number of amides is 1. The zero-order chi connectivity index (χ0) is 35.6. The van der Waals surface area contributed by atoms with Crippen molar-refractivity contribution in [1.29, 1.82) is 5.26 Å². The monoisotopic (exact) mass is 761 g/mol. The van der Waals surface area contributed by atoms with E-state index in [1.807, 2.05) is 6.07 Å². The summed E-state index contributed by atoms with van der Waals surface area (Å²) in [5.41, 5.74) is 1.42. The predicted molar refractivity (Wildman–Crippen MR) is 184 cm³/mol. The standard InChI is InChI=1S/C38H38F3N7O2.BrH/c1-26-35(34-20-21-43-47(34)32-18-14-27(23-42)15-19-32)46(37(50)45(26)33-11-7-10-30(22-33)38(39,40)41)36(49)44-31-16-12-29(13-17-31)25-48(2,3)24-28-8-5-4-6-9-28;/h4-11,14-15,18-22,29,31H,12-13,16-17,24-25H2,1-3H3;1H/t29-,31+;. The van der Waals surface area contributed by atoms with Crippen molar-refractivity contribution in [1.82, 2.24) is 24.2 Å². The molecule has 2 aromatic heterocycles. The molecule has 9 nitrogen and oxygen atoms in total. The summed E-state index contributed by atoms with van der Waals surface area (Å²) >= 11 is 0. The average Bonchev–Trinajstić information content (AvgIpc) is 3.67. The number of alkyl halides is 3. The van der Waals surface area contributed by atoms with Crippen LogP contribution in [0.4, 0.5) is 18.0 Å². The largest absolute Gasteiger partial charge is 1.00 e. The Hall–Kier alpha value is -4.93. The highest BCUT2D eigenvalue weighted by Crippen LogP contribution is 2.33. The minimum absolute atomic E-state index is 0. The Bertz CT molecular complexity index is 2090. The molecule has 0 bridgehead atoms. The first-order valence-corrected chi connectivity index (χ1v) is 16.6. The van der Waals surface area contributed by atoms with E-state index in [4.69, 9.17) is 0 Å². The fraction of sp³-hybridized carbons (Fsp3) is 0.316. The van der Waals surface area contributed by atoms with Gasteiger partial charge < -0.3 is 26.8 Å². The molecule has 0 radical (unpaired) electrons. The Morgan fingerprint density at radius 3 is 2.29 bits per heavy atom. The van der Waals surface area contributed by atoms with Crippen LogP contribution in [0.25, 0.3) is 22.8 Å². The Labute approximate surface area is 304 Å². The minimum Gasteiger partial charge on any atom is -1.00 e. The van der Waals surface area contributed by atoms with Gasteiger partial charge in [0.05, 0.1) is 66.8 Å². The van der Waals surface area contributed by atoms with Gasteiger partial charge in [0.1, 0.15) is 12.2 Å². The molecule has 0 spiro atoms. The molecular weight excluding hydrogens is 723 g/mol.